The third kappa shape index (κ3) is 6.84. The number of nitrogens with zero attached hydrogens (tertiary/aromatic N) is 3. The van der Waals surface area contributed by atoms with Crippen molar-refractivity contribution in [2.75, 3.05) is 11.9 Å². The Hall–Kier alpha value is -3.03. The number of H-pyrrole nitrogens is 1. The smallest absolute Gasteiger partial charge is 0.139 e. The molecule has 7 heteroatoms. The number of aromatic amines is 1. The zero-order chi connectivity index (χ0) is 26.4. The predicted octanol–water partition coefficient (Wildman–Crippen LogP) is 7.96. The zero-order valence-corrected chi connectivity index (χ0v) is 23.5. The molecule has 4 aromatic rings. The fourth-order valence-corrected chi connectivity index (χ4v) is 5.67. The molecule has 0 amide bonds. The van der Waals surface area contributed by atoms with E-state index in [-0.39, 0.29) is 0 Å². The van der Waals surface area contributed by atoms with Gasteiger partial charge in [0.25, 0.3) is 0 Å². The highest BCUT2D eigenvalue weighted by atomic mass is 32.1. The number of carbonyl (C=O) groups is 1. The molecule has 1 aromatic carbocycles. The van der Waals surface area contributed by atoms with E-state index in [1.807, 2.05) is 23.8 Å². The Morgan fingerprint density at radius 3 is 2.65 bits per heavy atom. The van der Waals surface area contributed by atoms with Crippen LogP contribution in [0.3, 0.4) is 0 Å². The number of carbonyl (C=O) groups excluding carboxylic acids is 1. The quantitative estimate of drug-likeness (QED) is 0.188. The van der Waals surface area contributed by atoms with Crippen LogP contribution in [0.1, 0.15) is 72.4 Å². The van der Waals surface area contributed by atoms with E-state index in [2.05, 4.69) is 84.1 Å². The van der Waals surface area contributed by atoms with Gasteiger partial charge >= 0.3 is 0 Å². The van der Waals surface area contributed by atoms with Gasteiger partial charge in [-0.3, -0.25) is 9.69 Å². The number of hydrogen-bond donors (Lipinski definition) is 2. The Bertz CT molecular complexity index is 1360. The second-order valence-corrected chi connectivity index (χ2v) is 11.1. The number of anilines is 2. The number of rotatable bonds is 13. The summed E-state index contributed by atoms with van der Waals surface area (Å²) in [6.07, 6.45) is 8.02. The Kier molecular flexibility index (Phi) is 9.11. The monoisotopic (exact) mass is 517 g/mol. The summed E-state index contributed by atoms with van der Waals surface area (Å²) in [6, 6.07) is 11.3. The van der Waals surface area contributed by atoms with Gasteiger partial charge in [0.1, 0.15) is 11.4 Å². The number of aromatic nitrogens is 3. The molecule has 0 radical (unpaired) electrons. The standard InChI is InChI=1S/C30H39N5OS/c1-6-8-22(9-7-10-24(36)14-16-35(20(2)3)21(4)5)28-18-25-26(13-15-31-30(25)34-28)33-23-11-12-27-29(17-23)37-19-32-27/h8,11-13,15,17-21H,6-7,9-10,14,16H2,1-5H3,(H2,31,33,34)/b22-8+. The molecule has 3 heterocycles. The number of thiazole rings is 1. The van der Waals surface area contributed by atoms with E-state index in [1.54, 1.807) is 11.3 Å². The second-order valence-electron chi connectivity index (χ2n) is 10.2. The van der Waals surface area contributed by atoms with Crippen LogP contribution in [0.4, 0.5) is 11.4 Å². The van der Waals surface area contributed by atoms with Crippen LogP contribution in [-0.2, 0) is 4.79 Å². The topological polar surface area (TPSA) is 73.9 Å². The summed E-state index contributed by atoms with van der Waals surface area (Å²) in [5.41, 5.74) is 8.12. The number of allylic oxidation sites excluding steroid dienone is 2. The first-order chi connectivity index (χ1) is 17.9. The molecule has 0 aliphatic carbocycles. The van der Waals surface area contributed by atoms with Gasteiger partial charge in [0, 0.05) is 54.4 Å². The summed E-state index contributed by atoms with van der Waals surface area (Å²) < 4.78 is 1.16. The van der Waals surface area contributed by atoms with Gasteiger partial charge in [0.15, 0.2) is 0 Å². The molecule has 4 rings (SSSR count). The molecule has 0 aliphatic rings. The van der Waals surface area contributed by atoms with Crippen molar-refractivity contribution < 1.29 is 4.79 Å². The molecule has 0 saturated carbocycles. The van der Waals surface area contributed by atoms with Crippen molar-refractivity contribution in [2.45, 2.75) is 78.8 Å². The summed E-state index contributed by atoms with van der Waals surface area (Å²) in [5, 5.41) is 4.62. The summed E-state index contributed by atoms with van der Waals surface area (Å²) in [4.78, 5) is 27.5. The van der Waals surface area contributed by atoms with Crippen molar-refractivity contribution >= 4 is 55.3 Å². The van der Waals surface area contributed by atoms with E-state index in [4.69, 9.17) is 0 Å². The summed E-state index contributed by atoms with van der Waals surface area (Å²) in [6.45, 7) is 11.8. The maximum atomic E-state index is 12.6. The second kappa shape index (κ2) is 12.5. The highest BCUT2D eigenvalue weighted by molar-refractivity contribution is 7.16. The number of benzene rings is 1. The molecule has 37 heavy (non-hydrogen) atoms. The molecule has 3 aromatic heterocycles. The van der Waals surface area contributed by atoms with Crippen LogP contribution in [-0.4, -0.2) is 44.3 Å². The first kappa shape index (κ1) is 27.0. The van der Waals surface area contributed by atoms with E-state index in [9.17, 15) is 4.79 Å². The molecule has 0 atom stereocenters. The number of pyridine rings is 1. The van der Waals surface area contributed by atoms with E-state index >= 15 is 0 Å². The SMILES string of the molecule is CC/C=C(\CCCC(=O)CCN(C(C)C)C(C)C)c1cc2c(Nc3ccc4ncsc4c3)ccnc2[nH]1. The van der Waals surface area contributed by atoms with Crippen molar-refractivity contribution in [2.24, 2.45) is 0 Å². The summed E-state index contributed by atoms with van der Waals surface area (Å²) in [5.74, 6) is 0.352. The fraction of sp³-hybridized carbons (Fsp3) is 0.433. The van der Waals surface area contributed by atoms with Crippen LogP contribution in [0.5, 0.6) is 0 Å². The zero-order valence-electron chi connectivity index (χ0n) is 22.7. The normalized spacial score (nSPS) is 12.5. The highest BCUT2D eigenvalue weighted by Gasteiger charge is 2.15. The van der Waals surface area contributed by atoms with Gasteiger partial charge in [-0.15, -0.1) is 11.3 Å². The lowest BCUT2D eigenvalue weighted by molar-refractivity contribution is -0.119. The van der Waals surface area contributed by atoms with E-state index < -0.39 is 0 Å². The van der Waals surface area contributed by atoms with Gasteiger partial charge < -0.3 is 10.3 Å². The van der Waals surface area contributed by atoms with Crippen molar-refractivity contribution in [3.05, 3.63) is 53.8 Å². The molecular weight excluding hydrogens is 478 g/mol. The Morgan fingerprint density at radius 1 is 1.08 bits per heavy atom. The number of ketones is 1. The minimum absolute atomic E-state index is 0.352. The van der Waals surface area contributed by atoms with Crippen LogP contribution in [0.2, 0.25) is 0 Å². The minimum atomic E-state index is 0.352. The van der Waals surface area contributed by atoms with Crippen LogP contribution >= 0.6 is 11.3 Å². The molecule has 6 nitrogen and oxygen atoms in total. The number of hydrogen-bond acceptors (Lipinski definition) is 6. The van der Waals surface area contributed by atoms with Crippen LogP contribution in [0, 0.1) is 0 Å². The molecule has 0 bridgehead atoms. The number of nitrogens with one attached hydrogen (secondary N) is 2. The minimum Gasteiger partial charge on any atom is -0.355 e. The van der Waals surface area contributed by atoms with Crippen molar-refractivity contribution in [3.8, 4) is 0 Å². The highest BCUT2D eigenvalue weighted by Crippen LogP contribution is 2.31. The van der Waals surface area contributed by atoms with Gasteiger partial charge in [-0.2, -0.15) is 0 Å². The van der Waals surface area contributed by atoms with Crippen LogP contribution < -0.4 is 5.32 Å². The molecule has 0 saturated heterocycles. The molecule has 2 N–H and O–H groups in total. The third-order valence-corrected chi connectivity index (χ3v) is 7.61. The third-order valence-electron chi connectivity index (χ3n) is 6.82. The molecule has 0 unspecified atom stereocenters. The van der Waals surface area contributed by atoms with Crippen molar-refractivity contribution in [1.82, 2.24) is 19.9 Å². The van der Waals surface area contributed by atoms with Gasteiger partial charge in [0.2, 0.25) is 0 Å². The average Bonchev–Trinajstić information content (AvgIpc) is 3.50. The maximum Gasteiger partial charge on any atom is 0.139 e. The molecule has 0 aliphatic heterocycles. The van der Waals surface area contributed by atoms with Gasteiger partial charge in [-0.25, -0.2) is 9.97 Å². The van der Waals surface area contributed by atoms with Crippen LogP contribution in [0.25, 0.3) is 26.8 Å². The van der Waals surface area contributed by atoms with E-state index in [1.165, 1.54) is 5.57 Å². The largest absolute Gasteiger partial charge is 0.355 e. The Morgan fingerprint density at radius 2 is 1.89 bits per heavy atom. The lowest BCUT2D eigenvalue weighted by atomic mass is 10.0. The maximum absolute atomic E-state index is 12.6. The van der Waals surface area contributed by atoms with Gasteiger partial charge in [-0.1, -0.05) is 13.0 Å². The Balaban J connectivity index is 1.42. The molecule has 0 fully saturated rings. The summed E-state index contributed by atoms with van der Waals surface area (Å²) >= 11 is 1.64. The lowest BCUT2D eigenvalue weighted by Crippen LogP contribution is -2.38. The van der Waals surface area contributed by atoms with Crippen molar-refractivity contribution in [1.29, 1.82) is 0 Å². The molecular formula is C30H39N5OS. The van der Waals surface area contributed by atoms with Crippen molar-refractivity contribution in [3.63, 3.8) is 0 Å². The average molecular weight is 518 g/mol. The van der Waals surface area contributed by atoms with E-state index in [0.29, 0.717) is 30.7 Å². The first-order valence-electron chi connectivity index (χ1n) is 13.4. The lowest BCUT2D eigenvalue weighted by Gasteiger charge is -2.30. The summed E-state index contributed by atoms with van der Waals surface area (Å²) in [7, 11) is 0. The first-order valence-corrected chi connectivity index (χ1v) is 14.3. The number of fused-ring (bicyclic) bond motifs is 2. The predicted molar refractivity (Wildman–Crippen MR) is 158 cm³/mol. The van der Waals surface area contributed by atoms with Gasteiger partial charge in [-0.05, 0) is 82.9 Å². The Labute approximate surface area is 224 Å². The molecule has 0 spiro atoms. The fourth-order valence-electron chi connectivity index (χ4n) is 4.96. The molecule has 196 valence electrons. The van der Waals surface area contributed by atoms with Gasteiger partial charge in [0.05, 0.1) is 21.4 Å². The van der Waals surface area contributed by atoms with E-state index in [0.717, 1.165) is 64.1 Å². The van der Waals surface area contributed by atoms with Crippen LogP contribution in [0.15, 0.2) is 48.1 Å². The number of Topliss-reactive ketones (excluding diaryl/α,β-unsaturated/α-hetero) is 1.